The molecular formula is C7H12O2. The van der Waals surface area contributed by atoms with Gasteiger partial charge in [0.25, 0.3) is 0 Å². The average molecular weight is 128 g/mol. The number of ketones is 1. The summed E-state index contributed by atoms with van der Waals surface area (Å²) in [6.07, 6.45) is 0.874. The van der Waals surface area contributed by atoms with E-state index in [1.54, 1.807) is 6.92 Å². The number of Topliss-reactive ketones (excluding diaryl/α,β-unsaturated/α-hetero) is 1. The highest BCUT2D eigenvalue weighted by Gasteiger charge is 2.53. The van der Waals surface area contributed by atoms with Crippen LogP contribution in [0.2, 0.25) is 0 Å². The van der Waals surface area contributed by atoms with Crippen molar-refractivity contribution in [3.8, 4) is 0 Å². The number of aliphatic hydroxyl groups excluding tert-OH is 1. The number of aliphatic hydroxyl groups is 1. The van der Waals surface area contributed by atoms with Crippen LogP contribution in [-0.2, 0) is 4.79 Å². The van der Waals surface area contributed by atoms with Crippen LogP contribution in [0, 0.1) is 11.3 Å². The lowest BCUT2D eigenvalue weighted by molar-refractivity contribution is -0.122. The molecular weight excluding hydrogens is 116 g/mol. The van der Waals surface area contributed by atoms with Crippen LogP contribution in [0.4, 0.5) is 0 Å². The molecule has 0 aromatic rings. The van der Waals surface area contributed by atoms with Crippen LogP contribution in [0.15, 0.2) is 0 Å². The summed E-state index contributed by atoms with van der Waals surface area (Å²) in [5.41, 5.74) is -0.172. The van der Waals surface area contributed by atoms with Gasteiger partial charge in [-0.2, -0.15) is 0 Å². The van der Waals surface area contributed by atoms with E-state index in [0.29, 0.717) is 0 Å². The van der Waals surface area contributed by atoms with Gasteiger partial charge < -0.3 is 5.11 Å². The zero-order chi connectivity index (χ0) is 7.07. The molecule has 9 heavy (non-hydrogen) atoms. The fourth-order valence-corrected chi connectivity index (χ4v) is 1.15. The lowest BCUT2D eigenvalue weighted by Crippen LogP contribution is -2.11. The normalized spacial score (nSPS) is 40.6. The van der Waals surface area contributed by atoms with Crippen molar-refractivity contribution in [2.24, 2.45) is 11.3 Å². The summed E-state index contributed by atoms with van der Waals surface area (Å²) in [5.74, 6) is 0.455. The molecule has 0 unspecified atom stereocenters. The molecule has 52 valence electrons. The zero-order valence-corrected chi connectivity index (χ0v) is 5.85. The molecule has 2 nitrogen and oxygen atoms in total. The molecule has 0 bridgehead atoms. The fourth-order valence-electron chi connectivity index (χ4n) is 1.15. The van der Waals surface area contributed by atoms with Gasteiger partial charge in [-0.15, -0.1) is 0 Å². The molecule has 0 spiro atoms. The van der Waals surface area contributed by atoms with Crippen LogP contribution in [0.1, 0.15) is 20.3 Å². The van der Waals surface area contributed by atoms with Gasteiger partial charge >= 0.3 is 0 Å². The number of carbonyl (C=O) groups excluding carboxylic acids is 1. The zero-order valence-electron chi connectivity index (χ0n) is 5.85. The van der Waals surface area contributed by atoms with Crippen LogP contribution in [0.25, 0.3) is 0 Å². The second-order valence-electron chi connectivity index (χ2n) is 3.06. The average Bonchev–Trinajstić information content (AvgIpc) is 2.44. The van der Waals surface area contributed by atoms with Gasteiger partial charge in [-0.1, -0.05) is 6.92 Å². The summed E-state index contributed by atoms with van der Waals surface area (Å²) in [4.78, 5) is 10.8. The smallest absolute Gasteiger partial charge is 0.136 e. The second kappa shape index (κ2) is 1.81. The third-order valence-electron chi connectivity index (χ3n) is 2.44. The monoisotopic (exact) mass is 128 g/mol. The highest BCUT2D eigenvalue weighted by Crippen LogP contribution is 2.52. The van der Waals surface area contributed by atoms with Crippen LogP contribution in [0.5, 0.6) is 0 Å². The maximum atomic E-state index is 10.8. The van der Waals surface area contributed by atoms with Crippen molar-refractivity contribution in [2.45, 2.75) is 20.3 Å². The summed E-state index contributed by atoms with van der Waals surface area (Å²) in [6.45, 7) is 3.67. The van der Waals surface area contributed by atoms with E-state index in [1.165, 1.54) is 0 Å². The molecule has 2 heteroatoms. The van der Waals surface area contributed by atoms with Crippen molar-refractivity contribution >= 4 is 5.78 Å². The first kappa shape index (κ1) is 6.75. The second-order valence-corrected chi connectivity index (χ2v) is 3.06. The molecule has 0 aliphatic heterocycles. The summed E-state index contributed by atoms with van der Waals surface area (Å²) in [5, 5.41) is 8.64. The summed E-state index contributed by atoms with van der Waals surface area (Å²) >= 11 is 0. The topological polar surface area (TPSA) is 37.3 Å². The van der Waals surface area contributed by atoms with Gasteiger partial charge in [0, 0.05) is 12.0 Å². The van der Waals surface area contributed by atoms with Gasteiger partial charge in [0.05, 0.1) is 0 Å². The number of hydrogen-bond acceptors (Lipinski definition) is 2. The van der Waals surface area contributed by atoms with E-state index in [-0.39, 0.29) is 23.7 Å². The minimum absolute atomic E-state index is 0.163. The van der Waals surface area contributed by atoms with E-state index >= 15 is 0 Å². The van der Waals surface area contributed by atoms with E-state index in [1.807, 2.05) is 6.92 Å². The SMILES string of the molecule is CC(=O)[C@@]1(C)C[C@@H]1CO. The third kappa shape index (κ3) is 0.874. The van der Waals surface area contributed by atoms with E-state index in [2.05, 4.69) is 0 Å². The van der Waals surface area contributed by atoms with Crippen LogP contribution in [0.3, 0.4) is 0 Å². The van der Waals surface area contributed by atoms with Crippen molar-refractivity contribution in [3.63, 3.8) is 0 Å². The van der Waals surface area contributed by atoms with Gasteiger partial charge in [-0.05, 0) is 19.3 Å². The molecule has 1 rings (SSSR count). The Morgan fingerprint density at radius 3 is 2.56 bits per heavy atom. The first-order chi connectivity index (χ1) is 4.11. The number of carbonyl (C=O) groups is 1. The predicted molar refractivity (Wildman–Crippen MR) is 34.0 cm³/mol. The largest absolute Gasteiger partial charge is 0.396 e. The lowest BCUT2D eigenvalue weighted by Gasteiger charge is -2.02. The van der Waals surface area contributed by atoms with Crippen molar-refractivity contribution in [2.75, 3.05) is 6.61 Å². The van der Waals surface area contributed by atoms with Crippen molar-refractivity contribution in [3.05, 3.63) is 0 Å². The molecule has 0 amide bonds. The molecule has 0 heterocycles. The van der Waals surface area contributed by atoms with Gasteiger partial charge in [-0.3, -0.25) is 4.79 Å². The first-order valence-corrected chi connectivity index (χ1v) is 3.23. The fraction of sp³-hybridized carbons (Fsp3) is 0.857. The van der Waals surface area contributed by atoms with Gasteiger partial charge in [0.15, 0.2) is 0 Å². The molecule has 1 aliphatic carbocycles. The van der Waals surface area contributed by atoms with Crippen LogP contribution >= 0.6 is 0 Å². The summed E-state index contributed by atoms with van der Waals surface area (Å²) in [6, 6.07) is 0. The maximum absolute atomic E-state index is 10.8. The van der Waals surface area contributed by atoms with Gasteiger partial charge in [-0.25, -0.2) is 0 Å². The quantitative estimate of drug-likeness (QED) is 0.591. The summed E-state index contributed by atoms with van der Waals surface area (Å²) < 4.78 is 0. The van der Waals surface area contributed by atoms with E-state index in [9.17, 15) is 4.79 Å². The van der Waals surface area contributed by atoms with Crippen molar-refractivity contribution < 1.29 is 9.90 Å². The van der Waals surface area contributed by atoms with Crippen LogP contribution in [-0.4, -0.2) is 17.5 Å². The molecule has 1 aliphatic rings. The molecule has 0 saturated heterocycles. The molecule has 0 aromatic carbocycles. The lowest BCUT2D eigenvalue weighted by atomic mass is 10.0. The third-order valence-corrected chi connectivity index (χ3v) is 2.44. The number of hydrogen-bond donors (Lipinski definition) is 1. The number of rotatable bonds is 2. The Morgan fingerprint density at radius 2 is 2.44 bits per heavy atom. The minimum atomic E-state index is -0.172. The Bertz CT molecular complexity index is 142. The van der Waals surface area contributed by atoms with Gasteiger partial charge in [0.1, 0.15) is 5.78 Å². The Kier molecular flexibility index (Phi) is 1.35. The minimum Gasteiger partial charge on any atom is -0.396 e. The summed E-state index contributed by atoms with van der Waals surface area (Å²) in [7, 11) is 0. The van der Waals surface area contributed by atoms with Crippen molar-refractivity contribution in [1.82, 2.24) is 0 Å². The molecule has 2 atom stereocenters. The van der Waals surface area contributed by atoms with E-state index in [4.69, 9.17) is 5.11 Å². The first-order valence-electron chi connectivity index (χ1n) is 3.23. The van der Waals surface area contributed by atoms with Crippen LogP contribution < -0.4 is 0 Å². The predicted octanol–water partition coefficient (Wildman–Crippen LogP) is 0.594. The van der Waals surface area contributed by atoms with E-state index < -0.39 is 0 Å². The highest BCUT2D eigenvalue weighted by atomic mass is 16.3. The Hall–Kier alpha value is -0.370. The molecule has 0 aromatic heterocycles. The Labute approximate surface area is 54.9 Å². The van der Waals surface area contributed by atoms with E-state index in [0.717, 1.165) is 6.42 Å². The van der Waals surface area contributed by atoms with Gasteiger partial charge in [0.2, 0.25) is 0 Å². The van der Waals surface area contributed by atoms with Crippen molar-refractivity contribution in [1.29, 1.82) is 0 Å². The Balaban J connectivity index is 2.52. The molecule has 1 N–H and O–H groups in total. The molecule has 1 saturated carbocycles. The highest BCUT2D eigenvalue weighted by molar-refractivity contribution is 5.85. The molecule has 1 fully saturated rings. The molecule has 0 radical (unpaired) electrons. The standard InChI is InChI=1S/C7H12O2/c1-5(9)7(2)3-6(7)4-8/h6,8H,3-4H2,1-2H3/t6-,7-/m1/s1. The Morgan fingerprint density at radius 1 is 1.89 bits per heavy atom. The maximum Gasteiger partial charge on any atom is 0.136 e.